The highest BCUT2D eigenvalue weighted by molar-refractivity contribution is 5.87. The topological polar surface area (TPSA) is 148 Å². The van der Waals surface area contributed by atoms with Crippen molar-refractivity contribution < 1.29 is 24.2 Å². The molecule has 6 atom stereocenters. The Morgan fingerprint density at radius 2 is 1.30 bits per heavy atom. The van der Waals surface area contributed by atoms with Crippen LogP contribution in [0.4, 0.5) is 4.79 Å². The standard InChI is InChI=1S/C48H57N7O5/c1-30(2)37-23-14-31(3)26-42(37)60-29-43(56)54-24-8-12-40(54)45-49-27-38(51-45)34-19-15-32(16-20-34)33-17-21-35(22-18-33)39-28-50-46(52-39)41-13-9-25-55(41)47(57)44(53(4)48(58)59)36-10-6-5-7-11-36/h5-7,10-11,15-22,27-28,30-31,37,40-42,44H,8-9,12-14,23-26,29H2,1-4H3,(H,49,51)(H,50,52)(H,58,59)/t31-,37+,40+,41+,42-,44-/m1/s1. The molecule has 12 heteroatoms. The smallest absolute Gasteiger partial charge is 0.407 e. The van der Waals surface area contributed by atoms with Gasteiger partial charge in [0.15, 0.2) is 0 Å². The zero-order valence-corrected chi connectivity index (χ0v) is 35.1. The number of aromatic nitrogens is 4. The Bertz CT molecular complexity index is 2250. The summed E-state index contributed by atoms with van der Waals surface area (Å²) in [6.07, 6.45) is 9.43. The third-order valence-electron chi connectivity index (χ3n) is 13.1. The summed E-state index contributed by atoms with van der Waals surface area (Å²) in [6, 6.07) is 24.4. The van der Waals surface area contributed by atoms with Crippen molar-refractivity contribution in [2.75, 3.05) is 26.7 Å². The first-order chi connectivity index (χ1) is 29.0. The number of benzene rings is 3. The van der Waals surface area contributed by atoms with Crippen molar-refractivity contribution in [3.63, 3.8) is 0 Å². The highest BCUT2D eigenvalue weighted by atomic mass is 16.5. The fourth-order valence-electron chi connectivity index (χ4n) is 9.66. The maximum absolute atomic E-state index is 14.0. The Hall–Kier alpha value is -5.75. The highest BCUT2D eigenvalue weighted by Gasteiger charge is 2.39. The van der Waals surface area contributed by atoms with E-state index in [9.17, 15) is 19.5 Å². The van der Waals surface area contributed by atoms with Crippen molar-refractivity contribution in [3.8, 4) is 33.6 Å². The first-order valence-corrected chi connectivity index (χ1v) is 21.6. The Morgan fingerprint density at radius 3 is 1.85 bits per heavy atom. The zero-order valence-electron chi connectivity index (χ0n) is 35.1. The van der Waals surface area contributed by atoms with E-state index in [-0.39, 0.29) is 36.6 Å². The Labute approximate surface area is 352 Å². The number of hydrogen-bond donors (Lipinski definition) is 3. The van der Waals surface area contributed by atoms with Crippen LogP contribution < -0.4 is 0 Å². The second-order valence-corrected chi connectivity index (χ2v) is 17.3. The van der Waals surface area contributed by atoms with Gasteiger partial charge >= 0.3 is 6.09 Å². The molecular formula is C48H57N7O5. The molecule has 2 aromatic heterocycles. The van der Waals surface area contributed by atoms with Crippen molar-refractivity contribution in [2.24, 2.45) is 17.8 Å². The summed E-state index contributed by atoms with van der Waals surface area (Å²) in [5, 5.41) is 9.81. The summed E-state index contributed by atoms with van der Waals surface area (Å²) in [4.78, 5) is 60.7. The van der Waals surface area contributed by atoms with Crippen LogP contribution in [0, 0.1) is 17.8 Å². The van der Waals surface area contributed by atoms with Crippen molar-refractivity contribution in [1.29, 1.82) is 0 Å². The number of carbonyl (C=O) groups excluding carboxylic acids is 2. The van der Waals surface area contributed by atoms with E-state index in [1.54, 1.807) is 23.2 Å². The van der Waals surface area contributed by atoms with Crippen LogP contribution in [0.5, 0.6) is 0 Å². The van der Waals surface area contributed by atoms with Gasteiger partial charge in [-0.25, -0.2) is 14.8 Å². The molecule has 0 radical (unpaired) electrons. The largest absolute Gasteiger partial charge is 0.465 e. The minimum absolute atomic E-state index is 0.0480. The lowest BCUT2D eigenvalue weighted by atomic mass is 9.75. The van der Waals surface area contributed by atoms with E-state index in [0.717, 1.165) is 83.0 Å². The van der Waals surface area contributed by atoms with Crippen LogP contribution in [0.1, 0.15) is 101 Å². The molecule has 3 amide bonds. The van der Waals surface area contributed by atoms with Crippen LogP contribution in [0.2, 0.25) is 0 Å². The van der Waals surface area contributed by atoms with E-state index in [2.05, 4.69) is 79.3 Å². The number of ether oxygens (including phenoxy) is 1. The van der Waals surface area contributed by atoms with Gasteiger partial charge in [0, 0.05) is 20.1 Å². The van der Waals surface area contributed by atoms with Crippen LogP contribution >= 0.6 is 0 Å². The molecule has 0 spiro atoms. The average Bonchev–Trinajstić information content (AvgIpc) is 4.10. The zero-order chi connectivity index (χ0) is 41.9. The number of likely N-dealkylation sites (N-methyl/N-ethyl adjacent to an activating group) is 1. The summed E-state index contributed by atoms with van der Waals surface area (Å²) in [7, 11) is 1.44. The minimum atomic E-state index is -1.16. The molecule has 1 aliphatic carbocycles. The molecule has 314 valence electrons. The maximum Gasteiger partial charge on any atom is 0.407 e. The van der Waals surface area contributed by atoms with Gasteiger partial charge in [-0.2, -0.15) is 0 Å². The predicted molar refractivity (Wildman–Crippen MR) is 230 cm³/mol. The first-order valence-electron chi connectivity index (χ1n) is 21.6. The molecule has 5 aromatic rings. The van der Waals surface area contributed by atoms with Gasteiger partial charge < -0.3 is 29.6 Å². The van der Waals surface area contributed by atoms with Crippen molar-refractivity contribution in [2.45, 2.75) is 89.9 Å². The molecule has 2 aliphatic heterocycles. The van der Waals surface area contributed by atoms with Crippen molar-refractivity contribution in [1.82, 2.24) is 34.6 Å². The number of carboxylic acid groups (broad SMARTS) is 1. The van der Waals surface area contributed by atoms with E-state index in [0.29, 0.717) is 35.7 Å². The summed E-state index contributed by atoms with van der Waals surface area (Å²) in [5.41, 5.74) is 6.54. The molecule has 2 saturated heterocycles. The fourth-order valence-corrected chi connectivity index (χ4v) is 9.66. The summed E-state index contributed by atoms with van der Waals surface area (Å²) >= 11 is 0. The summed E-state index contributed by atoms with van der Waals surface area (Å²) in [6.45, 7) is 8.19. The maximum atomic E-state index is 14.0. The summed E-state index contributed by atoms with van der Waals surface area (Å²) in [5.74, 6) is 2.98. The highest BCUT2D eigenvalue weighted by Crippen LogP contribution is 2.38. The van der Waals surface area contributed by atoms with Gasteiger partial charge in [0.25, 0.3) is 5.91 Å². The van der Waals surface area contributed by atoms with Gasteiger partial charge in [-0.3, -0.25) is 14.5 Å². The SMILES string of the molecule is CC(C)[C@@H]1CC[C@@H](C)C[C@H]1OCC(=O)N1CCC[C@H]1c1ncc(-c2ccc(-c3ccc(-c4cnc([C@@H]5CCCN5C(=O)[C@@H](c5ccccc5)N(C)C(=O)O)[nH]4)cc3)cc2)[nH]1. The number of aromatic amines is 2. The van der Waals surface area contributed by atoms with Gasteiger partial charge in [0.1, 0.15) is 24.3 Å². The number of amides is 3. The van der Waals surface area contributed by atoms with E-state index >= 15 is 0 Å². The Morgan fingerprint density at radius 1 is 0.767 bits per heavy atom. The van der Waals surface area contributed by atoms with Gasteiger partial charge in [-0.05, 0) is 84.1 Å². The molecule has 8 rings (SSSR count). The third-order valence-corrected chi connectivity index (χ3v) is 13.1. The lowest BCUT2D eigenvalue weighted by Gasteiger charge is -2.37. The van der Waals surface area contributed by atoms with Gasteiger partial charge in [-0.15, -0.1) is 0 Å². The number of nitrogens with one attached hydrogen (secondary N) is 2. The number of imidazole rings is 2. The lowest BCUT2D eigenvalue weighted by molar-refractivity contribution is -0.142. The fraction of sp³-hybridized carbons (Fsp3) is 0.438. The first kappa shape index (κ1) is 41.0. The second-order valence-electron chi connectivity index (χ2n) is 17.3. The number of carbonyl (C=O) groups is 3. The molecule has 3 aliphatic rings. The molecular weight excluding hydrogens is 755 g/mol. The van der Waals surface area contributed by atoms with Gasteiger partial charge in [-0.1, -0.05) is 106 Å². The van der Waals surface area contributed by atoms with Crippen LogP contribution in [0.3, 0.4) is 0 Å². The molecule has 4 heterocycles. The van der Waals surface area contributed by atoms with Crippen molar-refractivity contribution >= 4 is 17.9 Å². The molecule has 60 heavy (non-hydrogen) atoms. The number of rotatable bonds is 12. The number of hydrogen-bond acceptors (Lipinski definition) is 6. The van der Waals surface area contributed by atoms with E-state index in [1.165, 1.54) is 19.9 Å². The molecule has 3 fully saturated rings. The van der Waals surface area contributed by atoms with Gasteiger partial charge in [0.05, 0.1) is 42.0 Å². The summed E-state index contributed by atoms with van der Waals surface area (Å²) < 4.78 is 6.34. The molecule has 12 nitrogen and oxygen atoms in total. The van der Waals surface area contributed by atoms with Crippen LogP contribution in [0.25, 0.3) is 33.6 Å². The number of nitrogens with zero attached hydrogens (tertiary/aromatic N) is 5. The van der Waals surface area contributed by atoms with E-state index in [4.69, 9.17) is 14.7 Å². The normalized spacial score (nSPS) is 22.3. The quantitative estimate of drug-likeness (QED) is 0.114. The molecule has 3 N–H and O–H groups in total. The molecule has 0 unspecified atom stereocenters. The number of H-pyrrole nitrogens is 2. The molecule has 1 saturated carbocycles. The van der Waals surface area contributed by atoms with E-state index in [1.807, 2.05) is 29.3 Å². The third kappa shape index (κ3) is 8.61. The van der Waals surface area contributed by atoms with Gasteiger partial charge in [0.2, 0.25) is 5.91 Å². The minimum Gasteiger partial charge on any atom is -0.465 e. The van der Waals surface area contributed by atoms with Crippen LogP contribution in [0.15, 0.2) is 91.3 Å². The Kier molecular flexibility index (Phi) is 12.2. The predicted octanol–water partition coefficient (Wildman–Crippen LogP) is 9.29. The Balaban J connectivity index is 0.896. The molecule has 0 bridgehead atoms. The monoisotopic (exact) mass is 811 g/mol. The van der Waals surface area contributed by atoms with Crippen molar-refractivity contribution in [3.05, 3.63) is 108 Å². The van der Waals surface area contributed by atoms with Crippen LogP contribution in [-0.2, 0) is 14.3 Å². The molecule has 3 aromatic carbocycles. The van der Waals surface area contributed by atoms with Crippen LogP contribution in [-0.4, -0.2) is 90.5 Å². The second kappa shape index (κ2) is 17.8. The van der Waals surface area contributed by atoms with E-state index < -0.39 is 12.1 Å². The lowest BCUT2D eigenvalue weighted by Crippen LogP contribution is -2.43. The number of likely N-dealkylation sites (tertiary alicyclic amines) is 2. The average molecular weight is 812 g/mol.